The fourth-order valence-electron chi connectivity index (χ4n) is 3.12. The van der Waals surface area contributed by atoms with Crippen molar-refractivity contribution in [3.63, 3.8) is 0 Å². The molecule has 2 aromatic heterocycles. The molecule has 0 amide bonds. The Morgan fingerprint density at radius 2 is 1.96 bits per heavy atom. The summed E-state index contributed by atoms with van der Waals surface area (Å²) >= 11 is 13.6. The van der Waals surface area contributed by atoms with Gasteiger partial charge in [-0.05, 0) is 37.8 Å². The zero-order valence-corrected chi connectivity index (χ0v) is 16.0. The van der Waals surface area contributed by atoms with Crippen molar-refractivity contribution in [3.05, 3.63) is 66.5 Å². The van der Waals surface area contributed by atoms with Crippen LogP contribution < -0.4 is 5.56 Å². The van der Waals surface area contributed by atoms with Gasteiger partial charge < -0.3 is 4.74 Å². The number of nitrogens with zero attached hydrogens (tertiary/aromatic N) is 2. The van der Waals surface area contributed by atoms with E-state index >= 15 is 0 Å². The highest BCUT2D eigenvalue weighted by atomic mass is 35.5. The molecule has 1 aliphatic rings. The quantitative estimate of drug-likeness (QED) is 0.606. The molecule has 0 N–H and O–H groups in total. The zero-order valence-electron chi connectivity index (χ0n) is 13.6. The number of rotatable bonds is 3. The Balaban J connectivity index is 1.60. The molecule has 0 spiro atoms. The number of hydrogen-bond acceptors (Lipinski definition) is 5. The molecule has 0 fully saturated rings. The number of aryl methyl sites for hydroxylation is 2. The second kappa shape index (κ2) is 7.02. The van der Waals surface area contributed by atoms with E-state index in [0.717, 1.165) is 31.4 Å². The lowest BCUT2D eigenvalue weighted by Gasteiger charge is -2.10. The van der Waals surface area contributed by atoms with Gasteiger partial charge in [0.2, 0.25) is 0 Å². The van der Waals surface area contributed by atoms with Gasteiger partial charge in [-0.2, -0.15) is 0 Å². The summed E-state index contributed by atoms with van der Waals surface area (Å²) in [7, 11) is 0. The first kappa shape index (κ1) is 17.5. The maximum atomic E-state index is 12.5. The summed E-state index contributed by atoms with van der Waals surface area (Å²) in [4.78, 5) is 31.1. The molecule has 0 bridgehead atoms. The van der Waals surface area contributed by atoms with E-state index in [1.54, 1.807) is 22.6 Å². The normalized spacial score (nSPS) is 13.6. The van der Waals surface area contributed by atoms with Crippen LogP contribution in [0.3, 0.4) is 0 Å². The molecule has 0 aliphatic heterocycles. The number of hydrogen-bond donors (Lipinski definition) is 0. The molecule has 1 aliphatic carbocycles. The highest BCUT2D eigenvalue weighted by Crippen LogP contribution is 2.28. The maximum Gasteiger partial charge on any atom is 0.341 e. The number of fused-ring (bicyclic) bond motifs is 3. The van der Waals surface area contributed by atoms with E-state index in [2.05, 4.69) is 4.98 Å². The standard InChI is InChI=1S/C18H14Cl2N2O3S/c19-11-4-3-5-12(20)16(11)17(24)25-9-10-8-15(23)22-13-6-1-2-7-14(13)26-18(22)21-10/h3-5,8H,1-2,6-7,9H2. The van der Waals surface area contributed by atoms with Crippen LogP contribution in [0.25, 0.3) is 4.96 Å². The molecule has 0 saturated carbocycles. The SMILES string of the molecule is O=C(OCc1cc(=O)n2c3c(sc2n1)CCCC3)c1c(Cl)cccc1Cl. The number of thiazole rings is 1. The van der Waals surface area contributed by atoms with Crippen LogP contribution in [0.15, 0.2) is 29.1 Å². The number of ether oxygens (including phenoxy) is 1. The molecule has 0 saturated heterocycles. The second-order valence-electron chi connectivity index (χ2n) is 6.06. The third-order valence-corrected chi connectivity index (χ3v) is 6.11. The van der Waals surface area contributed by atoms with Crippen LogP contribution in [-0.4, -0.2) is 15.4 Å². The van der Waals surface area contributed by atoms with Gasteiger partial charge in [0.25, 0.3) is 5.56 Å². The Morgan fingerprint density at radius 3 is 2.73 bits per heavy atom. The van der Waals surface area contributed by atoms with Crippen LogP contribution in [0, 0.1) is 0 Å². The topological polar surface area (TPSA) is 60.7 Å². The van der Waals surface area contributed by atoms with Crippen LogP contribution in [-0.2, 0) is 24.2 Å². The number of aromatic nitrogens is 2. The van der Waals surface area contributed by atoms with Crippen molar-refractivity contribution in [2.45, 2.75) is 32.3 Å². The van der Waals surface area contributed by atoms with Crippen molar-refractivity contribution in [1.29, 1.82) is 0 Å². The molecule has 134 valence electrons. The van der Waals surface area contributed by atoms with Crippen LogP contribution in [0.4, 0.5) is 0 Å². The van der Waals surface area contributed by atoms with Crippen LogP contribution in [0.1, 0.15) is 39.5 Å². The first-order valence-corrected chi connectivity index (χ1v) is 9.76. The molecule has 26 heavy (non-hydrogen) atoms. The fraction of sp³-hybridized carbons (Fsp3) is 0.278. The van der Waals surface area contributed by atoms with Crippen molar-refractivity contribution in [1.82, 2.24) is 9.38 Å². The van der Waals surface area contributed by atoms with E-state index in [1.165, 1.54) is 22.3 Å². The maximum absolute atomic E-state index is 12.5. The first-order valence-electron chi connectivity index (χ1n) is 8.19. The van der Waals surface area contributed by atoms with Crippen LogP contribution >= 0.6 is 34.5 Å². The van der Waals surface area contributed by atoms with Crippen LogP contribution in [0.2, 0.25) is 10.0 Å². The number of carbonyl (C=O) groups excluding carboxylic acids is 1. The predicted molar refractivity (Wildman–Crippen MR) is 102 cm³/mol. The molecular formula is C18H14Cl2N2O3S. The van der Waals surface area contributed by atoms with E-state index in [4.69, 9.17) is 27.9 Å². The summed E-state index contributed by atoms with van der Waals surface area (Å²) in [6.45, 7) is -0.116. The molecule has 8 heteroatoms. The first-order chi connectivity index (χ1) is 12.5. The monoisotopic (exact) mass is 408 g/mol. The Labute approximate surface area is 163 Å². The average Bonchev–Trinajstić information content (AvgIpc) is 2.98. The van der Waals surface area contributed by atoms with Crippen molar-refractivity contribution >= 4 is 45.5 Å². The molecule has 0 unspecified atom stereocenters. The molecule has 5 nitrogen and oxygen atoms in total. The van der Waals surface area contributed by atoms with Gasteiger partial charge in [0.15, 0.2) is 4.96 Å². The molecule has 2 heterocycles. The van der Waals surface area contributed by atoms with E-state index in [-0.39, 0.29) is 27.8 Å². The van der Waals surface area contributed by atoms with Crippen molar-refractivity contribution in [2.24, 2.45) is 0 Å². The smallest absolute Gasteiger partial charge is 0.341 e. The number of halogens is 2. The van der Waals surface area contributed by atoms with Gasteiger partial charge in [0, 0.05) is 16.6 Å². The Hall–Kier alpha value is -1.89. The van der Waals surface area contributed by atoms with Gasteiger partial charge in [0.05, 0.1) is 21.3 Å². The second-order valence-corrected chi connectivity index (χ2v) is 7.93. The minimum Gasteiger partial charge on any atom is -0.455 e. The van der Waals surface area contributed by atoms with Gasteiger partial charge in [-0.25, -0.2) is 9.78 Å². The number of benzene rings is 1. The summed E-state index contributed by atoms with van der Waals surface area (Å²) < 4.78 is 6.94. The van der Waals surface area contributed by atoms with Crippen molar-refractivity contribution < 1.29 is 9.53 Å². The average molecular weight is 409 g/mol. The minimum atomic E-state index is -0.645. The molecule has 0 radical (unpaired) electrons. The summed E-state index contributed by atoms with van der Waals surface area (Å²) in [5.41, 5.74) is 1.45. The molecule has 1 aromatic carbocycles. The fourth-order valence-corrected chi connectivity index (χ4v) is 4.90. The lowest BCUT2D eigenvalue weighted by Crippen LogP contribution is -2.18. The third kappa shape index (κ3) is 3.13. The third-order valence-electron chi connectivity index (χ3n) is 4.33. The lowest BCUT2D eigenvalue weighted by molar-refractivity contribution is 0.0468. The van der Waals surface area contributed by atoms with Gasteiger partial charge in [0.1, 0.15) is 6.61 Å². The molecule has 3 aromatic rings. The Morgan fingerprint density at radius 1 is 1.23 bits per heavy atom. The van der Waals surface area contributed by atoms with Crippen LogP contribution in [0.5, 0.6) is 0 Å². The summed E-state index contributed by atoms with van der Waals surface area (Å²) in [6, 6.07) is 6.19. The predicted octanol–water partition coefficient (Wildman–Crippen LogP) is 4.30. The number of esters is 1. The largest absolute Gasteiger partial charge is 0.455 e. The van der Waals surface area contributed by atoms with E-state index in [9.17, 15) is 9.59 Å². The highest BCUT2D eigenvalue weighted by molar-refractivity contribution is 7.17. The summed E-state index contributed by atoms with van der Waals surface area (Å²) in [6.07, 6.45) is 4.11. The lowest BCUT2D eigenvalue weighted by atomic mass is 10.0. The summed E-state index contributed by atoms with van der Waals surface area (Å²) in [5, 5.41) is 0.439. The number of carbonyl (C=O) groups is 1. The Bertz CT molecular complexity index is 1050. The minimum absolute atomic E-state index is 0.111. The van der Waals surface area contributed by atoms with Crippen molar-refractivity contribution in [2.75, 3.05) is 0 Å². The summed E-state index contributed by atoms with van der Waals surface area (Å²) in [5.74, 6) is -0.645. The highest BCUT2D eigenvalue weighted by Gasteiger charge is 2.20. The molecular weight excluding hydrogens is 395 g/mol. The zero-order chi connectivity index (χ0) is 18.3. The van der Waals surface area contributed by atoms with Gasteiger partial charge in [-0.3, -0.25) is 9.20 Å². The van der Waals surface area contributed by atoms with E-state index in [0.29, 0.717) is 10.7 Å². The van der Waals surface area contributed by atoms with Gasteiger partial charge in [-0.15, -0.1) is 11.3 Å². The van der Waals surface area contributed by atoms with E-state index in [1.807, 2.05) is 0 Å². The molecule has 4 rings (SSSR count). The Kier molecular flexibility index (Phi) is 4.73. The van der Waals surface area contributed by atoms with Gasteiger partial charge in [-0.1, -0.05) is 29.3 Å². The van der Waals surface area contributed by atoms with E-state index < -0.39 is 5.97 Å². The van der Waals surface area contributed by atoms with Crippen molar-refractivity contribution in [3.8, 4) is 0 Å². The molecule has 0 atom stereocenters. The van der Waals surface area contributed by atoms with Gasteiger partial charge >= 0.3 is 5.97 Å².